The van der Waals surface area contributed by atoms with Gasteiger partial charge in [0.2, 0.25) is 0 Å². The van der Waals surface area contributed by atoms with Crippen molar-refractivity contribution < 1.29 is 13.2 Å². The molecular formula is C11H11F3N4. The average Bonchev–Trinajstić information content (AvgIpc) is 2.78. The molecule has 2 aromatic rings. The zero-order chi connectivity index (χ0) is 13.3. The summed E-state index contributed by atoms with van der Waals surface area (Å²) in [6.07, 6.45) is -1.26. The van der Waals surface area contributed by atoms with Crippen LogP contribution in [0.15, 0.2) is 30.7 Å². The van der Waals surface area contributed by atoms with E-state index in [2.05, 4.69) is 10.1 Å². The molecule has 0 aliphatic rings. The topological polar surface area (TPSA) is 56.7 Å². The number of hydrogen-bond donors (Lipinski definition) is 1. The lowest BCUT2D eigenvalue weighted by atomic mass is 10.1. The molecule has 0 saturated heterocycles. The number of aromatic nitrogens is 3. The Kier molecular flexibility index (Phi) is 3.08. The SMILES string of the molecule is CC(N)c1ccnc(-n2cc(C(F)(F)F)cn2)c1. The number of alkyl halides is 3. The molecule has 0 aliphatic heterocycles. The molecule has 2 heterocycles. The van der Waals surface area contributed by atoms with E-state index in [1.54, 1.807) is 19.1 Å². The van der Waals surface area contributed by atoms with Gasteiger partial charge in [0.05, 0.1) is 11.8 Å². The van der Waals surface area contributed by atoms with E-state index in [9.17, 15) is 13.2 Å². The molecule has 4 nitrogen and oxygen atoms in total. The number of rotatable bonds is 2. The first-order chi connectivity index (χ1) is 8.38. The first-order valence-corrected chi connectivity index (χ1v) is 5.21. The predicted octanol–water partition coefficient (Wildman–Crippen LogP) is 2.31. The second-order valence-electron chi connectivity index (χ2n) is 3.91. The molecule has 7 heteroatoms. The second kappa shape index (κ2) is 4.41. The second-order valence-corrected chi connectivity index (χ2v) is 3.91. The van der Waals surface area contributed by atoms with Crippen molar-refractivity contribution in [2.75, 3.05) is 0 Å². The Morgan fingerprint density at radius 2 is 2.11 bits per heavy atom. The summed E-state index contributed by atoms with van der Waals surface area (Å²) in [6.45, 7) is 1.78. The molecule has 2 aromatic heterocycles. The van der Waals surface area contributed by atoms with Gasteiger partial charge in [-0.25, -0.2) is 9.67 Å². The van der Waals surface area contributed by atoms with Crippen molar-refractivity contribution >= 4 is 0 Å². The third-order valence-electron chi connectivity index (χ3n) is 2.44. The van der Waals surface area contributed by atoms with Gasteiger partial charge in [0, 0.05) is 18.4 Å². The summed E-state index contributed by atoms with van der Waals surface area (Å²) in [4.78, 5) is 3.96. The highest BCUT2D eigenvalue weighted by Gasteiger charge is 2.32. The minimum absolute atomic E-state index is 0.218. The van der Waals surface area contributed by atoms with Crippen LogP contribution in [0.25, 0.3) is 5.82 Å². The summed E-state index contributed by atoms with van der Waals surface area (Å²) in [5.74, 6) is 0.306. The van der Waals surface area contributed by atoms with Crippen LogP contribution in [0.5, 0.6) is 0 Å². The van der Waals surface area contributed by atoms with Gasteiger partial charge in [0.15, 0.2) is 5.82 Å². The van der Waals surface area contributed by atoms with Crippen molar-refractivity contribution in [3.63, 3.8) is 0 Å². The standard InChI is InChI=1S/C11H11F3N4/c1-7(15)8-2-3-16-10(4-8)18-6-9(5-17-18)11(12,13)14/h2-7H,15H2,1H3. The minimum atomic E-state index is -4.41. The van der Waals surface area contributed by atoms with Crippen LogP contribution < -0.4 is 5.73 Å². The van der Waals surface area contributed by atoms with Crippen LogP contribution in [0.2, 0.25) is 0 Å². The van der Waals surface area contributed by atoms with Gasteiger partial charge in [0.25, 0.3) is 0 Å². The molecule has 0 aliphatic carbocycles. The molecule has 18 heavy (non-hydrogen) atoms. The first-order valence-electron chi connectivity index (χ1n) is 5.21. The highest BCUT2D eigenvalue weighted by atomic mass is 19.4. The van der Waals surface area contributed by atoms with Gasteiger partial charge in [-0.2, -0.15) is 18.3 Å². The third-order valence-corrected chi connectivity index (χ3v) is 2.44. The van der Waals surface area contributed by atoms with Crippen molar-refractivity contribution in [2.24, 2.45) is 5.73 Å². The summed E-state index contributed by atoms with van der Waals surface area (Å²) < 4.78 is 38.4. The lowest BCUT2D eigenvalue weighted by Gasteiger charge is -2.07. The van der Waals surface area contributed by atoms with Gasteiger partial charge in [0.1, 0.15) is 0 Å². The van der Waals surface area contributed by atoms with Gasteiger partial charge in [-0.1, -0.05) is 0 Å². The first kappa shape index (κ1) is 12.6. The van der Waals surface area contributed by atoms with Crippen molar-refractivity contribution in [1.29, 1.82) is 0 Å². The third kappa shape index (κ3) is 2.51. The Morgan fingerprint density at radius 1 is 1.39 bits per heavy atom. The quantitative estimate of drug-likeness (QED) is 0.897. The Labute approximate surface area is 101 Å². The van der Waals surface area contributed by atoms with Crippen LogP contribution in [0.4, 0.5) is 13.2 Å². The lowest BCUT2D eigenvalue weighted by Crippen LogP contribution is -2.07. The number of halogens is 3. The van der Waals surface area contributed by atoms with Crippen LogP contribution in [0.1, 0.15) is 24.1 Å². The molecule has 1 atom stereocenters. The van der Waals surface area contributed by atoms with E-state index < -0.39 is 11.7 Å². The Morgan fingerprint density at radius 3 is 2.67 bits per heavy atom. The van der Waals surface area contributed by atoms with Gasteiger partial charge < -0.3 is 5.73 Å². The zero-order valence-corrected chi connectivity index (χ0v) is 9.52. The zero-order valence-electron chi connectivity index (χ0n) is 9.52. The molecule has 0 radical (unpaired) electrons. The van der Waals surface area contributed by atoms with Crippen LogP contribution in [0.3, 0.4) is 0 Å². The fraction of sp³-hybridized carbons (Fsp3) is 0.273. The van der Waals surface area contributed by atoms with E-state index in [1.165, 1.54) is 6.20 Å². The molecule has 1 unspecified atom stereocenters. The molecule has 96 valence electrons. The normalized spacial score (nSPS) is 13.6. The Hall–Kier alpha value is -1.89. The highest BCUT2D eigenvalue weighted by Crippen LogP contribution is 2.29. The molecule has 2 N–H and O–H groups in total. The Bertz CT molecular complexity index is 545. The summed E-state index contributed by atoms with van der Waals surface area (Å²) in [5.41, 5.74) is 5.67. The maximum absolute atomic E-state index is 12.4. The monoisotopic (exact) mass is 256 g/mol. The molecule has 0 fully saturated rings. The van der Waals surface area contributed by atoms with E-state index in [-0.39, 0.29) is 6.04 Å². The van der Waals surface area contributed by atoms with Crippen molar-refractivity contribution in [3.05, 3.63) is 41.9 Å². The fourth-order valence-corrected chi connectivity index (χ4v) is 1.44. The smallest absolute Gasteiger partial charge is 0.324 e. The van der Waals surface area contributed by atoms with Crippen LogP contribution >= 0.6 is 0 Å². The predicted molar refractivity (Wildman–Crippen MR) is 59.0 cm³/mol. The molecule has 0 saturated carbocycles. The van der Waals surface area contributed by atoms with Crippen molar-refractivity contribution in [1.82, 2.24) is 14.8 Å². The number of pyridine rings is 1. The van der Waals surface area contributed by atoms with E-state index >= 15 is 0 Å². The van der Waals surface area contributed by atoms with E-state index in [0.29, 0.717) is 5.82 Å². The van der Waals surface area contributed by atoms with Gasteiger partial charge in [-0.05, 0) is 24.6 Å². The summed E-state index contributed by atoms with van der Waals surface area (Å²) in [7, 11) is 0. The number of nitrogens with zero attached hydrogens (tertiary/aromatic N) is 3. The maximum Gasteiger partial charge on any atom is 0.419 e. The number of hydrogen-bond acceptors (Lipinski definition) is 3. The summed E-state index contributed by atoms with van der Waals surface area (Å²) in [6, 6.07) is 3.10. The molecule has 0 aromatic carbocycles. The van der Waals surface area contributed by atoms with Crippen LogP contribution in [-0.2, 0) is 6.18 Å². The van der Waals surface area contributed by atoms with Gasteiger partial charge in [-0.15, -0.1) is 0 Å². The minimum Gasteiger partial charge on any atom is -0.324 e. The summed E-state index contributed by atoms with van der Waals surface area (Å²) >= 11 is 0. The van der Waals surface area contributed by atoms with Crippen molar-refractivity contribution in [2.45, 2.75) is 19.1 Å². The Balaban J connectivity index is 2.37. The molecule has 0 bridgehead atoms. The molecular weight excluding hydrogens is 245 g/mol. The largest absolute Gasteiger partial charge is 0.419 e. The van der Waals surface area contributed by atoms with Crippen LogP contribution in [0, 0.1) is 0 Å². The fourth-order valence-electron chi connectivity index (χ4n) is 1.44. The molecule has 0 amide bonds. The van der Waals surface area contributed by atoms with Gasteiger partial charge >= 0.3 is 6.18 Å². The number of nitrogens with two attached hydrogens (primary N) is 1. The molecule has 0 spiro atoms. The van der Waals surface area contributed by atoms with Gasteiger partial charge in [-0.3, -0.25) is 0 Å². The van der Waals surface area contributed by atoms with E-state index in [0.717, 1.165) is 22.6 Å². The highest BCUT2D eigenvalue weighted by molar-refractivity contribution is 5.29. The van der Waals surface area contributed by atoms with Crippen molar-refractivity contribution in [3.8, 4) is 5.82 Å². The molecule has 2 rings (SSSR count). The maximum atomic E-state index is 12.4. The summed E-state index contributed by atoms with van der Waals surface area (Å²) in [5, 5.41) is 3.65. The average molecular weight is 256 g/mol. The lowest BCUT2D eigenvalue weighted by molar-refractivity contribution is -0.137. The van der Waals surface area contributed by atoms with Crippen LogP contribution in [-0.4, -0.2) is 14.8 Å². The van der Waals surface area contributed by atoms with E-state index in [4.69, 9.17) is 5.73 Å². The van der Waals surface area contributed by atoms with E-state index in [1.807, 2.05) is 0 Å².